The summed E-state index contributed by atoms with van der Waals surface area (Å²) in [6.45, 7) is 1.29. The van der Waals surface area contributed by atoms with Gasteiger partial charge in [0.15, 0.2) is 9.84 Å². The van der Waals surface area contributed by atoms with Crippen LogP contribution in [0, 0.1) is 0 Å². The molecule has 0 spiro atoms. The van der Waals surface area contributed by atoms with Gasteiger partial charge in [-0.1, -0.05) is 30.3 Å². The fourth-order valence-electron chi connectivity index (χ4n) is 3.01. The molecule has 0 unspecified atom stereocenters. The van der Waals surface area contributed by atoms with Crippen LogP contribution in [0.3, 0.4) is 0 Å². The van der Waals surface area contributed by atoms with Crippen LogP contribution in [0.25, 0.3) is 0 Å². The highest BCUT2D eigenvalue weighted by Crippen LogP contribution is 2.18. The van der Waals surface area contributed by atoms with Gasteiger partial charge < -0.3 is 10.6 Å². The summed E-state index contributed by atoms with van der Waals surface area (Å²) < 4.78 is 25.0. The first-order valence-corrected chi connectivity index (χ1v) is 10.0. The topological polar surface area (TPSA) is 80.5 Å². The van der Waals surface area contributed by atoms with E-state index in [1.165, 1.54) is 0 Å². The summed E-state index contributed by atoms with van der Waals surface area (Å²) in [5.41, 5.74) is 7.02. The van der Waals surface area contributed by atoms with Gasteiger partial charge in [0.25, 0.3) is 5.91 Å². The third kappa shape index (κ3) is 4.84. The van der Waals surface area contributed by atoms with Crippen LogP contribution in [0.4, 0.5) is 0 Å². The maximum absolute atomic E-state index is 12.6. The lowest BCUT2D eigenvalue weighted by Crippen LogP contribution is -2.42. The van der Waals surface area contributed by atoms with Gasteiger partial charge in [-0.25, -0.2) is 8.42 Å². The lowest BCUT2D eigenvalue weighted by Gasteiger charge is -2.30. The summed E-state index contributed by atoms with van der Waals surface area (Å²) >= 11 is 0. The molecule has 140 valence electrons. The molecule has 2 aromatic rings. The second-order valence-electron chi connectivity index (χ2n) is 6.40. The molecule has 2 N–H and O–H groups in total. The van der Waals surface area contributed by atoms with Crippen molar-refractivity contribution in [1.29, 1.82) is 0 Å². The quantitative estimate of drug-likeness (QED) is 0.864. The Morgan fingerprint density at radius 1 is 1.04 bits per heavy atom. The summed E-state index contributed by atoms with van der Waals surface area (Å²) in [7, 11) is -3.43. The van der Waals surface area contributed by atoms with Gasteiger partial charge in [-0.05, 0) is 42.7 Å². The number of piperidine rings is 1. The third-order valence-electron chi connectivity index (χ3n) is 4.46. The van der Waals surface area contributed by atoms with Crippen molar-refractivity contribution >= 4 is 28.2 Å². The lowest BCUT2D eigenvalue weighted by atomic mass is 10.0. The van der Waals surface area contributed by atoms with E-state index in [4.69, 9.17) is 5.73 Å². The monoisotopic (exact) mass is 394 g/mol. The van der Waals surface area contributed by atoms with E-state index in [1.54, 1.807) is 59.5 Å². The van der Waals surface area contributed by atoms with Crippen molar-refractivity contribution in [3.8, 4) is 0 Å². The Bertz CT molecular complexity index is 848. The lowest BCUT2D eigenvalue weighted by molar-refractivity contribution is 0.0714. The number of halogens is 1. The molecule has 0 atom stereocenters. The zero-order valence-electron chi connectivity index (χ0n) is 14.4. The fraction of sp³-hybridized carbons (Fsp3) is 0.316. The first-order chi connectivity index (χ1) is 12.0. The Labute approximate surface area is 160 Å². The second-order valence-corrected chi connectivity index (χ2v) is 8.39. The van der Waals surface area contributed by atoms with Crippen LogP contribution in [-0.4, -0.2) is 38.4 Å². The zero-order valence-corrected chi connectivity index (χ0v) is 16.0. The zero-order chi connectivity index (χ0) is 17.9. The van der Waals surface area contributed by atoms with Gasteiger partial charge in [-0.2, -0.15) is 0 Å². The minimum absolute atomic E-state index is 0. The van der Waals surface area contributed by atoms with Crippen molar-refractivity contribution in [3.63, 3.8) is 0 Å². The molecule has 1 saturated heterocycles. The van der Waals surface area contributed by atoms with Crippen LogP contribution in [-0.2, 0) is 15.6 Å². The van der Waals surface area contributed by atoms with E-state index >= 15 is 0 Å². The predicted molar refractivity (Wildman–Crippen MR) is 104 cm³/mol. The van der Waals surface area contributed by atoms with E-state index in [-0.39, 0.29) is 35.0 Å². The van der Waals surface area contributed by atoms with Crippen molar-refractivity contribution in [2.75, 3.05) is 13.1 Å². The van der Waals surface area contributed by atoms with Gasteiger partial charge in [0.2, 0.25) is 0 Å². The Hall–Kier alpha value is -1.89. The fourth-order valence-corrected chi connectivity index (χ4v) is 4.37. The SMILES string of the molecule is Cl.NC1CCN(C(=O)c2cccc(CS(=O)(=O)c3ccccc3)c2)CC1. The van der Waals surface area contributed by atoms with Crippen molar-refractivity contribution < 1.29 is 13.2 Å². The van der Waals surface area contributed by atoms with Crippen LogP contribution >= 0.6 is 12.4 Å². The van der Waals surface area contributed by atoms with E-state index < -0.39 is 9.84 Å². The van der Waals surface area contributed by atoms with Crippen molar-refractivity contribution in [2.24, 2.45) is 5.73 Å². The number of nitrogens with two attached hydrogens (primary N) is 1. The van der Waals surface area contributed by atoms with Gasteiger partial charge in [0.1, 0.15) is 0 Å². The Morgan fingerprint density at radius 2 is 1.69 bits per heavy atom. The van der Waals surface area contributed by atoms with Crippen LogP contribution in [0.1, 0.15) is 28.8 Å². The van der Waals surface area contributed by atoms with Crippen molar-refractivity contribution in [3.05, 3.63) is 65.7 Å². The molecule has 0 aromatic heterocycles. The van der Waals surface area contributed by atoms with Crippen LogP contribution < -0.4 is 5.73 Å². The predicted octanol–water partition coefficient (Wildman–Crippen LogP) is 2.65. The van der Waals surface area contributed by atoms with E-state index in [1.807, 2.05) is 0 Å². The van der Waals surface area contributed by atoms with Gasteiger partial charge in [0, 0.05) is 24.7 Å². The molecule has 3 rings (SSSR count). The number of carbonyl (C=O) groups excluding carboxylic acids is 1. The summed E-state index contributed by atoms with van der Waals surface area (Å²) in [6, 6.07) is 15.4. The number of sulfone groups is 1. The molecule has 0 aliphatic carbocycles. The van der Waals surface area contributed by atoms with Gasteiger partial charge in [-0.15, -0.1) is 12.4 Å². The van der Waals surface area contributed by atoms with Crippen LogP contribution in [0.15, 0.2) is 59.5 Å². The molecule has 7 heteroatoms. The summed E-state index contributed by atoms with van der Waals surface area (Å²) in [6.07, 6.45) is 1.60. The molecule has 0 saturated carbocycles. The molecule has 1 fully saturated rings. The molecule has 26 heavy (non-hydrogen) atoms. The van der Waals surface area contributed by atoms with Crippen LogP contribution in [0.2, 0.25) is 0 Å². The van der Waals surface area contributed by atoms with Gasteiger partial charge in [-0.3, -0.25) is 4.79 Å². The summed E-state index contributed by atoms with van der Waals surface area (Å²) in [5.74, 6) is -0.186. The minimum atomic E-state index is -3.43. The molecular formula is C19H23ClN2O3S. The minimum Gasteiger partial charge on any atom is -0.339 e. The largest absolute Gasteiger partial charge is 0.339 e. The summed E-state index contributed by atoms with van der Waals surface area (Å²) in [5, 5.41) is 0. The number of rotatable bonds is 4. The molecule has 0 bridgehead atoms. The molecule has 1 amide bonds. The van der Waals surface area contributed by atoms with Crippen molar-refractivity contribution in [1.82, 2.24) is 4.90 Å². The number of benzene rings is 2. The van der Waals surface area contributed by atoms with Crippen molar-refractivity contribution in [2.45, 2.75) is 29.5 Å². The molecule has 2 aromatic carbocycles. The van der Waals surface area contributed by atoms with E-state index in [2.05, 4.69) is 0 Å². The van der Waals surface area contributed by atoms with E-state index in [0.29, 0.717) is 24.2 Å². The normalized spacial score (nSPS) is 15.3. The highest BCUT2D eigenvalue weighted by atomic mass is 35.5. The Morgan fingerprint density at radius 3 is 2.35 bits per heavy atom. The molecule has 0 radical (unpaired) electrons. The van der Waals surface area contributed by atoms with Gasteiger partial charge >= 0.3 is 0 Å². The van der Waals surface area contributed by atoms with E-state index in [0.717, 1.165) is 12.8 Å². The maximum atomic E-state index is 12.6. The van der Waals surface area contributed by atoms with Gasteiger partial charge in [0.05, 0.1) is 10.6 Å². The number of hydrogen-bond acceptors (Lipinski definition) is 4. The molecule has 1 heterocycles. The third-order valence-corrected chi connectivity index (χ3v) is 6.16. The Balaban J connectivity index is 0.00000243. The highest BCUT2D eigenvalue weighted by molar-refractivity contribution is 7.90. The number of carbonyl (C=O) groups is 1. The standard InChI is InChI=1S/C19H22N2O3S.ClH/c20-17-9-11-21(12-10-17)19(22)16-6-4-5-15(13-16)14-25(23,24)18-7-2-1-3-8-18;/h1-8,13,17H,9-12,14,20H2;1H. The average Bonchev–Trinajstić information content (AvgIpc) is 2.62. The summed E-state index contributed by atoms with van der Waals surface area (Å²) in [4.78, 5) is 14.7. The first kappa shape index (κ1) is 20.4. The smallest absolute Gasteiger partial charge is 0.253 e. The Kier molecular flexibility index (Phi) is 6.81. The highest BCUT2D eigenvalue weighted by Gasteiger charge is 2.22. The van der Waals surface area contributed by atoms with Crippen LogP contribution in [0.5, 0.6) is 0 Å². The maximum Gasteiger partial charge on any atom is 0.253 e. The average molecular weight is 395 g/mol. The molecular weight excluding hydrogens is 372 g/mol. The first-order valence-electron chi connectivity index (χ1n) is 8.37. The second kappa shape index (κ2) is 8.66. The number of likely N-dealkylation sites (tertiary alicyclic amines) is 1. The molecule has 1 aliphatic rings. The van der Waals surface area contributed by atoms with E-state index in [9.17, 15) is 13.2 Å². The molecule has 1 aliphatic heterocycles. The number of amides is 1. The number of nitrogens with zero attached hydrogens (tertiary/aromatic N) is 1. The molecule has 5 nitrogen and oxygen atoms in total. The number of hydrogen-bond donors (Lipinski definition) is 1.